The number of benzene rings is 13. The summed E-state index contributed by atoms with van der Waals surface area (Å²) in [5, 5.41) is 0.402. The highest BCUT2D eigenvalue weighted by atomic mass is 32.2. The van der Waals surface area contributed by atoms with Gasteiger partial charge in [0.1, 0.15) is 0 Å². The minimum atomic E-state index is 0.402. The van der Waals surface area contributed by atoms with Crippen LogP contribution in [-0.2, 0) is 0 Å². The lowest BCUT2D eigenvalue weighted by Gasteiger charge is -2.27. The van der Waals surface area contributed by atoms with Crippen molar-refractivity contribution in [1.82, 2.24) is 0 Å². The number of thiophene rings is 1. The molecule has 0 amide bonds. The first kappa shape index (κ1) is 56.6. The van der Waals surface area contributed by atoms with E-state index in [2.05, 4.69) is 379 Å². The molecule has 0 fully saturated rings. The summed E-state index contributed by atoms with van der Waals surface area (Å²) in [5.41, 5.74) is 24.3. The summed E-state index contributed by atoms with van der Waals surface area (Å²) in [6, 6.07) is 130. The van der Waals surface area contributed by atoms with E-state index < -0.39 is 0 Å². The molecule has 0 spiro atoms. The van der Waals surface area contributed by atoms with Gasteiger partial charge in [-0.3, -0.25) is 0 Å². The molecule has 434 valence electrons. The quantitative estimate of drug-likeness (QED) is 0.0898. The zero-order valence-electron chi connectivity index (χ0n) is 50.1. The Balaban J connectivity index is 0.696. The van der Waals surface area contributed by atoms with Gasteiger partial charge in [0.2, 0.25) is 0 Å². The first-order valence-electron chi connectivity index (χ1n) is 31.0. The molecule has 0 N–H and O–H groups in total. The Morgan fingerprint density at radius 2 is 0.440 bits per heavy atom. The normalized spacial score (nSPS) is 12.7. The molecule has 0 saturated heterocycles. The Bertz CT molecular complexity index is 4710. The van der Waals surface area contributed by atoms with Crippen molar-refractivity contribution in [3.8, 4) is 65.4 Å². The van der Waals surface area contributed by atoms with Crippen molar-refractivity contribution >= 4 is 79.2 Å². The fourth-order valence-electron chi connectivity index (χ4n) is 12.3. The molecule has 0 radical (unpaired) electrons. The van der Waals surface area contributed by atoms with Crippen LogP contribution in [0.15, 0.2) is 364 Å². The molecule has 1 unspecified atom stereocenters. The molecule has 0 aliphatic carbocycles. The summed E-state index contributed by atoms with van der Waals surface area (Å²) in [6.45, 7) is 0. The molecule has 5 heteroatoms. The predicted molar refractivity (Wildman–Crippen MR) is 390 cm³/mol. The number of para-hydroxylation sites is 2. The Morgan fingerprint density at radius 3 is 0.769 bits per heavy atom. The van der Waals surface area contributed by atoms with Crippen LogP contribution in [0.25, 0.3) is 70.3 Å². The summed E-state index contributed by atoms with van der Waals surface area (Å²) < 4.78 is 0. The number of hydrogen-bond donors (Lipinski definition) is 0. The summed E-state index contributed by atoms with van der Waals surface area (Å²) in [7, 11) is 0. The number of hydrogen-bond acceptors (Lipinski definition) is 5. The van der Waals surface area contributed by atoms with Gasteiger partial charge in [0.05, 0.1) is 0 Å². The number of rotatable bonds is 17. The average Bonchev–Trinajstić information content (AvgIpc) is 3.26. The Labute approximate surface area is 542 Å². The minimum absolute atomic E-state index is 0.402. The van der Waals surface area contributed by atoms with Crippen LogP contribution in [0.3, 0.4) is 0 Å². The Morgan fingerprint density at radius 1 is 0.209 bits per heavy atom. The van der Waals surface area contributed by atoms with Gasteiger partial charge in [-0.2, -0.15) is 0 Å². The van der Waals surface area contributed by atoms with Crippen LogP contribution in [0.1, 0.15) is 22.8 Å². The van der Waals surface area contributed by atoms with E-state index in [0.29, 0.717) is 5.25 Å². The number of nitrogens with zero attached hydrogens (tertiary/aromatic N) is 3. The molecule has 1 atom stereocenters. The van der Waals surface area contributed by atoms with Crippen molar-refractivity contribution in [3.05, 3.63) is 375 Å². The second kappa shape index (κ2) is 26.0. The summed E-state index contributed by atoms with van der Waals surface area (Å²) in [6.07, 6.45) is 3.42. The van der Waals surface area contributed by atoms with Crippen LogP contribution in [0.5, 0.6) is 0 Å². The maximum atomic E-state index is 2.39. The third-order valence-electron chi connectivity index (χ3n) is 17.1. The standard InChI is InChI=1S/C86H63N3S2/c1-6-16-62(17-7-1)63-26-28-64(29-27-63)65-30-48-78(49-31-65)89(79-50-36-68(37-51-79)66-32-44-76(45-33-66)87(74-22-12-4-13-23-74)81-54-40-72(41-55-81)85-60-58-83(90-85)70-18-8-2-9-19-70)80-52-38-69(39-53-80)67-34-46-77(47-35-67)88(75-24-14-5-15-25-75)82-56-42-73(43-57-82)86-61-59-84(91-86)71-20-10-3-11-21-71/h1-60,86H,61H2. The predicted octanol–water partition coefficient (Wildman–Crippen LogP) is 25.4. The molecule has 1 aromatic heterocycles. The molecule has 0 bridgehead atoms. The van der Waals surface area contributed by atoms with Crippen molar-refractivity contribution in [1.29, 1.82) is 0 Å². The van der Waals surface area contributed by atoms with Gasteiger partial charge in [-0.1, -0.05) is 243 Å². The fraction of sp³-hybridized carbons (Fsp3) is 0.0233. The molecule has 15 rings (SSSR count). The number of anilines is 9. The molecule has 1 aliphatic heterocycles. The number of thioether (sulfide) groups is 1. The van der Waals surface area contributed by atoms with Gasteiger partial charge in [-0.15, -0.1) is 23.1 Å². The molecule has 14 aromatic rings. The Hall–Kier alpha value is -11.0. The third kappa shape index (κ3) is 12.3. The third-order valence-corrected chi connectivity index (χ3v) is 19.7. The molecule has 13 aromatic carbocycles. The largest absolute Gasteiger partial charge is 0.311 e. The van der Waals surface area contributed by atoms with Gasteiger partial charge in [-0.05, 0) is 195 Å². The van der Waals surface area contributed by atoms with Gasteiger partial charge < -0.3 is 14.7 Å². The van der Waals surface area contributed by atoms with Crippen molar-refractivity contribution in [2.45, 2.75) is 11.7 Å². The van der Waals surface area contributed by atoms with E-state index in [0.717, 1.165) is 79.9 Å². The van der Waals surface area contributed by atoms with Crippen LogP contribution >= 0.6 is 23.1 Å². The zero-order chi connectivity index (χ0) is 60.7. The minimum Gasteiger partial charge on any atom is -0.311 e. The first-order valence-corrected chi connectivity index (χ1v) is 32.7. The highest BCUT2D eigenvalue weighted by Gasteiger charge is 2.23. The Kier molecular flexibility index (Phi) is 16.2. The van der Waals surface area contributed by atoms with E-state index >= 15 is 0 Å². The number of allylic oxidation sites excluding steroid dienone is 1. The van der Waals surface area contributed by atoms with Crippen LogP contribution < -0.4 is 14.7 Å². The lowest BCUT2D eigenvalue weighted by atomic mass is 10.00. The van der Waals surface area contributed by atoms with Gasteiger partial charge in [0.25, 0.3) is 0 Å². The molecular weight excluding hydrogens is 1140 g/mol. The highest BCUT2D eigenvalue weighted by Crippen LogP contribution is 2.49. The molecular formula is C86H63N3S2. The van der Waals surface area contributed by atoms with Crippen molar-refractivity contribution in [3.63, 3.8) is 0 Å². The van der Waals surface area contributed by atoms with Crippen molar-refractivity contribution < 1.29 is 0 Å². The topological polar surface area (TPSA) is 9.72 Å². The van der Waals surface area contributed by atoms with Crippen LogP contribution in [0.2, 0.25) is 0 Å². The second-order valence-corrected chi connectivity index (χ2v) is 25.1. The van der Waals surface area contributed by atoms with Gasteiger partial charge in [0.15, 0.2) is 0 Å². The van der Waals surface area contributed by atoms with Gasteiger partial charge >= 0.3 is 0 Å². The molecule has 2 heterocycles. The first-order chi connectivity index (χ1) is 45.1. The summed E-state index contributed by atoms with van der Waals surface area (Å²) in [5.74, 6) is 0. The van der Waals surface area contributed by atoms with E-state index in [9.17, 15) is 0 Å². The SMILES string of the molecule is C1=C(c2ccccc2)SC(c2ccc(N(c3ccccc3)c3ccc(-c4ccc(N(c5ccc(-c6ccc(-c7ccccc7)cc6)cc5)c5ccc(-c6ccc(N(c7ccccc7)c7ccc(-c8ccc(-c9ccccc9)s8)cc7)cc6)cc5)cc4)cc3)cc2)C1. The lowest BCUT2D eigenvalue weighted by Crippen LogP contribution is -2.10. The molecule has 91 heavy (non-hydrogen) atoms. The monoisotopic (exact) mass is 1200 g/mol. The smallest absolute Gasteiger partial charge is 0.0462 e. The van der Waals surface area contributed by atoms with Gasteiger partial charge in [-0.25, -0.2) is 0 Å². The molecule has 0 saturated carbocycles. The fourth-order valence-corrected chi connectivity index (χ4v) is 14.6. The second-order valence-electron chi connectivity index (χ2n) is 22.8. The zero-order valence-corrected chi connectivity index (χ0v) is 51.7. The van der Waals surface area contributed by atoms with Crippen molar-refractivity contribution in [2.24, 2.45) is 0 Å². The average molecular weight is 1200 g/mol. The van der Waals surface area contributed by atoms with Crippen LogP contribution in [-0.4, -0.2) is 0 Å². The maximum absolute atomic E-state index is 2.39. The molecule has 3 nitrogen and oxygen atoms in total. The van der Waals surface area contributed by atoms with Crippen LogP contribution in [0, 0.1) is 0 Å². The van der Waals surface area contributed by atoms with Crippen LogP contribution in [0.4, 0.5) is 51.2 Å². The van der Waals surface area contributed by atoms with E-state index in [-0.39, 0.29) is 0 Å². The summed E-state index contributed by atoms with van der Waals surface area (Å²) in [4.78, 5) is 10.9. The lowest BCUT2D eigenvalue weighted by molar-refractivity contribution is 0.990. The van der Waals surface area contributed by atoms with Gasteiger partial charge in [0, 0.05) is 71.1 Å². The maximum Gasteiger partial charge on any atom is 0.0462 e. The van der Waals surface area contributed by atoms with E-state index in [1.165, 1.54) is 59.2 Å². The van der Waals surface area contributed by atoms with E-state index in [1.54, 1.807) is 0 Å². The van der Waals surface area contributed by atoms with Crippen molar-refractivity contribution in [2.75, 3.05) is 14.7 Å². The highest BCUT2D eigenvalue weighted by molar-refractivity contribution is 8.08. The summed E-state index contributed by atoms with van der Waals surface area (Å²) >= 11 is 3.79. The van der Waals surface area contributed by atoms with E-state index in [1.807, 2.05) is 23.1 Å². The van der Waals surface area contributed by atoms with E-state index in [4.69, 9.17) is 0 Å². The molecule has 1 aliphatic rings.